The first-order valence-corrected chi connectivity index (χ1v) is 7.77. The van der Waals surface area contributed by atoms with Gasteiger partial charge >= 0.3 is 5.97 Å². The van der Waals surface area contributed by atoms with E-state index in [-0.39, 0.29) is 28.9 Å². The lowest BCUT2D eigenvalue weighted by atomic mass is 10.2. The van der Waals surface area contributed by atoms with Crippen molar-refractivity contribution in [3.05, 3.63) is 68.2 Å². The maximum Gasteiger partial charge on any atom is 0.338 e. The highest BCUT2D eigenvalue weighted by atomic mass is 79.9. The molecule has 2 aromatic rings. The lowest BCUT2D eigenvalue weighted by Gasteiger charge is -2.08. The minimum Gasteiger partial charge on any atom is -0.484 e. The summed E-state index contributed by atoms with van der Waals surface area (Å²) in [6.07, 6.45) is 0. The number of rotatable bonds is 7. The van der Waals surface area contributed by atoms with Crippen LogP contribution in [0.3, 0.4) is 0 Å². The number of amides is 1. The molecule has 8 nitrogen and oxygen atoms in total. The number of halogens is 1. The van der Waals surface area contributed by atoms with Crippen LogP contribution < -0.4 is 10.5 Å². The summed E-state index contributed by atoms with van der Waals surface area (Å²) in [5.74, 6) is -0.889. The van der Waals surface area contributed by atoms with Gasteiger partial charge in [0.15, 0.2) is 6.61 Å². The topological polar surface area (TPSA) is 122 Å². The molecule has 0 saturated heterocycles. The summed E-state index contributed by atoms with van der Waals surface area (Å²) in [6.45, 7) is -0.317. The third-order valence-corrected chi connectivity index (χ3v) is 3.70. The van der Waals surface area contributed by atoms with Crippen molar-refractivity contribution >= 4 is 33.5 Å². The summed E-state index contributed by atoms with van der Waals surface area (Å²) in [6, 6.07) is 10.6. The van der Waals surface area contributed by atoms with Crippen molar-refractivity contribution in [2.24, 2.45) is 5.73 Å². The van der Waals surface area contributed by atoms with E-state index < -0.39 is 16.8 Å². The Hall–Kier alpha value is -2.94. The van der Waals surface area contributed by atoms with Gasteiger partial charge in [0.2, 0.25) is 0 Å². The van der Waals surface area contributed by atoms with Crippen molar-refractivity contribution in [1.29, 1.82) is 0 Å². The van der Waals surface area contributed by atoms with Gasteiger partial charge in [-0.1, -0.05) is 12.1 Å². The fraction of sp³-hybridized carbons (Fsp3) is 0.125. The van der Waals surface area contributed by atoms with E-state index in [0.717, 1.165) is 6.07 Å². The zero-order chi connectivity index (χ0) is 18.4. The standard InChI is InChI=1S/C16H13BrN2O6/c17-13-5-4-11(7-14(13)19(22)23)16(21)25-8-10-2-1-3-12(6-10)24-9-15(18)20/h1-7H,8-9H2,(H2,18,20). The number of carbonyl (C=O) groups is 2. The molecule has 0 aliphatic rings. The summed E-state index contributed by atoms with van der Waals surface area (Å²) in [7, 11) is 0. The quantitative estimate of drug-likeness (QED) is 0.426. The Morgan fingerprint density at radius 3 is 2.64 bits per heavy atom. The highest BCUT2D eigenvalue weighted by molar-refractivity contribution is 9.10. The van der Waals surface area contributed by atoms with Crippen LogP contribution >= 0.6 is 15.9 Å². The van der Waals surface area contributed by atoms with Crippen molar-refractivity contribution in [2.75, 3.05) is 6.61 Å². The molecule has 0 aliphatic heterocycles. The van der Waals surface area contributed by atoms with Gasteiger partial charge < -0.3 is 15.2 Å². The minimum atomic E-state index is -0.695. The first-order chi connectivity index (χ1) is 11.9. The Balaban J connectivity index is 2.02. The van der Waals surface area contributed by atoms with Crippen molar-refractivity contribution < 1.29 is 24.0 Å². The van der Waals surface area contributed by atoms with Crippen LogP contribution in [0.5, 0.6) is 5.75 Å². The largest absolute Gasteiger partial charge is 0.484 e. The number of esters is 1. The fourth-order valence-corrected chi connectivity index (χ4v) is 2.28. The Labute approximate surface area is 150 Å². The van der Waals surface area contributed by atoms with Gasteiger partial charge in [-0.15, -0.1) is 0 Å². The van der Waals surface area contributed by atoms with Crippen molar-refractivity contribution in [3.8, 4) is 5.75 Å². The van der Waals surface area contributed by atoms with E-state index in [4.69, 9.17) is 15.2 Å². The minimum absolute atomic E-state index is 0.0591. The second kappa shape index (κ2) is 8.25. The molecule has 0 saturated carbocycles. The molecule has 0 heterocycles. The molecule has 0 bridgehead atoms. The first-order valence-electron chi connectivity index (χ1n) is 6.98. The van der Waals surface area contributed by atoms with Gasteiger partial charge in [-0.25, -0.2) is 4.79 Å². The number of nitrogens with two attached hydrogens (primary N) is 1. The molecule has 0 aromatic heterocycles. The molecular weight excluding hydrogens is 396 g/mol. The van der Waals surface area contributed by atoms with E-state index >= 15 is 0 Å². The second-order valence-electron chi connectivity index (χ2n) is 4.90. The summed E-state index contributed by atoms with van der Waals surface area (Å²) >= 11 is 3.05. The van der Waals surface area contributed by atoms with Gasteiger partial charge in [0.25, 0.3) is 11.6 Å². The summed E-state index contributed by atoms with van der Waals surface area (Å²) < 4.78 is 10.6. The molecule has 0 radical (unpaired) electrons. The van der Waals surface area contributed by atoms with Crippen molar-refractivity contribution in [3.63, 3.8) is 0 Å². The molecule has 0 fully saturated rings. The van der Waals surface area contributed by atoms with Gasteiger partial charge in [-0.2, -0.15) is 0 Å². The van der Waals surface area contributed by atoms with Gasteiger partial charge in [0.1, 0.15) is 12.4 Å². The molecule has 9 heteroatoms. The number of hydrogen-bond acceptors (Lipinski definition) is 6. The molecular formula is C16H13BrN2O6. The predicted octanol–water partition coefficient (Wildman–Crippen LogP) is 2.58. The van der Waals surface area contributed by atoms with Crippen LogP contribution in [0, 0.1) is 10.1 Å². The average Bonchev–Trinajstić information content (AvgIpc) is 2.58. The third-order valence-electron chi connectivity index (χ3n) is 3.03. The van der Waals surface area contributed by atoms with Gasteiger partial charge in [0.05, 0.1) is 15.0 Å². The predicted molar refractivity (Wildman–Crippen MR) is 91.0 cm³/mol. The highest BCUT2D eigenvalue weighted by Gasteiger charge is 2.17. The monoisotopic (exact) mass is 408 g/mol. The molecule has 0 spiro atoms. The molecule has 2 rings (SSSR count). The zero-order valence-electron chi connectivity index (χ0n) is 12.8. The van der Waals surface area contributed by atoms with Gasteiger partial charge in [-0.05, 0) is 45.8 Å². The van der Waals surface area contributed by atoms with Crippen LogP contribution in [-0.4, -0.2) is 23.4 Å². The van der Waals surface area contributed by atoms with Crippen LogP contribution in [0.2, 0.25) is 0 Å². The normalized spacial score (nSPS) is 10.1. The number of carbonyl (C=O) groups excluding carboxylic acids is 2. The second-order valence-corrected chi connectivity index (χ2v) is 5.76. The maximum absolute atomic E-state index is 12.1. The SMILES string of the molecule is NC(=O)COc1cccc(COC(=O)c2ccc(Br)c([N+](=O)[O-])c2)c1. The molecule has 130 valence electrons. The van der Waals surface area contributed by atoms with Crippen LogP contribution in [0.15, 0.2) is 46.9 Å². The van der Waals surface area contributed by atoms with Crippen LogP contribution in [0.1, 0.15) is 15.9 Å². The molecule has 0 unspecified atom stereocenters. The molecule has 2 N–H and O–H groups in total. The van der Waals surface area contributed by atoms with Crippen molar-refractivity contribution in [1.82, 2.24) is 0 Å². The van der Waals surface area contributed by atoms with E-state index in [0.29, 0.717) is 11.3 Å². The Kier molecular flexibility index (Phi) is 6.07. The number of benzene rings is 2. The van der Waals surface area contributed by atoms with Crippen LogP contribution in [0.25, 0.3) is 0 Å². The van der Waals surface area contributed by atoms with E-state index in [1.165, 1.54) is 12.1 Å². The number of nitrogens with zero attached hydrogens (tertiary/aromatic N) is 1. The number of ether oxygens (including phenoxy) is 2. The zero-order valence-corrected chi connectivity index (χ0v) is 14.4. The van der Waals surface area contributed by atoms with Gasteiger partial charge in [0, 0.05) is 6.07 Å². The van der Waals surface area contributed by atoms with E-state index in [1.807, 2.05) is 0 Å². The number of primary amides is 1. The molecule has 0 atom stereocenters. The molecule has 2 aromatic carbocycles. The Morgan fingerprint density at radius 1 is 1.20 bits per heavy atom. The average molecular weight is 409 g/mol. The fourth-order valence-electron chi connectivity index (χ4n) is 1.89. The Bertz CT molecular complexity index is 824. The first kappa shape index (κ1) is 18.4. The van der Waals surface area contributed by atoms with Crippen LogP contribution in [-0.2, 0) is 16.1 Å². The molecule has 25 heavy (non-hydrogen) atoms. The number of nitro groups is 1. The third kappa shape index (κ3) is 5.28. The highest BCUT2D eigenvalue weighted by Crippen LogP contribution is 2.26. The molecule has 1 amide bonds. The Morgan fingerprint density at radius 2 is 1.96 bits per heavy atom. The number of nitro benzene ring substituents is 1. The lowest BCUT2D eigenvalue weighted by molar-refractivity contribution is -0.385. The maximum atomic E-state index is 12.1. The lowest BCUT2D eigenvalue weighted by Crippen LogP contribution is -2.20. The smallest absolute Gasteiger partial charge is 0.338 e. The van der Waals surface area contributed by atoms with Crippen LogP contribution in [0.4, 0.5) is 5.69 Å². The summed E-state index contributed by atoms with van der Waals surface area (Å²) in [5, 5.41) is 10.9. The van der Waals surface area contributed by atoms with Crippen molar-refractivity contribution in [2.45, 2.75) is 6.61 Å². The van der Waals surface area contributed by atoms with Gasteiger partial charge in [-0.3, -0.25) is 14.9 Å². The van der Waals surface area contributed by atoms with E-state index in [9.17, 15) is 19.7 Å². The number of hydrogen-bond donors (Lipinski definition) is 1. The summed E-state index contributed by atoms with van der Waals surface area (Å²) in [4.78, 5) is 33.1. The summed E-state index contributed by atoms with van der Waals surface area (Å²) in [5.41, 5.74) is 5.47. The van der Waals surface area contributed by atoms with E-state index in [1.54, 1.807) is 24.3 Å². The molecule has 0 aliphatic carbocycles. The van der Waals surface area contributed by atoms with E-state index in [2.05, 4.69) is 15.9 Å².